The Kier molecular flexibility index (Phi) is 3.44. The topological polar surface area (TPSA) is 29.5 Å². The van der Waals surface area contributed by atoms with Gasteiger partial charge in [0.25, 0.3) is 0 Å². The fraction of sp³-hybridized carbons (Fsp3) is 0.333. The molecule has 0 spiro atoms. The summed E-state index contributed by atoms with van der Waals surface area (Å²) in [4.78, 5) is 0. The first-order valence-electron chi connectivity index (χ1n) is 3.71. The molecule has 1 aromatic carbocycles. The minimum Gasteiger partial charge on any atom is -0.496 e. The van der Waals surface area contributed by atoms with Crippen molar-refractivity contribution in [1.82, 2.24) is 0 Å². The van der Waals surface area contributed by atoms with E-state index >= 15 is 0 Å². The Bertz CT molecular complexity index is 250. The van der Waals surface area contributed by atoms with Crippen LogP contribution in [0.1, 0.15) is 11.7 Å². The number of thiol groups is 1. The third-order valence-corrected chi connectivity index (χ3v) is 2.02. The second-order valence-electron chi connectivity index (χ2n) is 2.44. The van der Waals surface area contributed by atoms with E-state index in [1.165, 1.54) is 0 Å². The average molecular weight is 184 g/mol. The van der Waals surface area contributed by atoms with Crippen LogP contribution in [0, 0.1) is 0 Å². The highest BCUT2D eigenvalue weighted by molar-refractivity contribution is 7.80. The van der Waals surface area contributed by atoms with Gasteiger partial charge in [0.1, 0.15) is 5.75 Å². The van der Waals surface area contributed by atoms with Crippen molar-refractivity contribution in [3.8, 4) is 5.75 Å². The van der Waals surface area contributed by atoms with Gasteiger partial charge < -0.3 is 9.84 Å². The lowest BCUT2D eigenvalue weighted by Crippen LogP contribution is -2.01. The summed E-state index contributed by atoms with van der Waals surface area (Å²) in [6, 6.07) is 7.39. The molecule has 0 aliphatic rings. The highest BCUT2D eigenvalue weighted by Crippen LogP contribution is 2.24. The molecule has 12 heavy (non-hydrogen) atoms. The molecule has 2 nitrogen and oxygen atoms in total. The normalized spacial score (nSPS) is 12.6. The Balaban J connectivity index is 2.96. The second kappa shape index (κ2) is 4.38. The van der Waals surface area contributed by atoms with Gasteiger partial charge in [-0.15, -0.1) is 0 Å². The molecule has 0 bridgehead atoms. The zero-order valence-corrected chi connectivity index (χ0v) is 7.79. The Morgan fingerprint density at radius 2 is 2.17 bits per heavy atom. The first-order chi connectivity index (χ1) is 5.79. The van der Waals surface area contributed by atoms with Crippen LogP contribution in [0.15, 0.2) is 24.3 Å². The molecule has 0 aliphatic carbocycles. The van der Waals surface area contributed by atoms with E-state index in [1.54, 1.807) is 7.11 Å². The number of hydrogen-bond acceptors (Lipinski definition) is 3. The predicted octanol–water partition coefficient (Wildman–Crippen LogP) is 1.66. The molecule has 1 unspecified atom stereocenters. The number of rotatable bonds is 3. The predicted molar refractivity (Wildman–Crippen MR) is 51.8 cm³/mol. The number of methoxy groups -OCH3 is 1. The molecule has 0 heterocycles. The van der Waals surface area contributed by atoms with Crippen LogP contribution in [0.5, 0.6) is 5.75 Å². The molecule has 1 rings (SSSR count). The molecule has 0 amide bonds. The van der Waals surface area contributed by atoms with Gasteiger partial charge in [0.15, 0.2) is 0 Å². The fourth-order valence-corrected chi connectivity index (χ4v) is 1.24. The summed E-state index contributed by atoms with van der Waals surface area (Å²) in [7, 11) is 1.59. The molecular weight excluding hydrogens is 172 g/mol. The van der Waals surface area contributed by atoms with Crippen molar-refractivity contribution in [2.24, 2.45) is 0 Å². The largest absolute Gasteiger partial charge is 0.496 e. The summed E-state index contributed by atoms with van der Waals surface area (Å²) in [5.74, 6) is 1.11. The van der Waals surface area contributed by atoms with Crippen LogP contribution in [-0.2, 0) is 0 Å². The van der Waals surface area contributed by atoms with Gasteiger partial charge in [-0.3, -0.25) is 0 Å². The summed E-state index contributed by atoms with van der Waals surface area (Å²) in [5.41, 5.74) is 0.787. The van der Waals surface area contributed by atoms with Crippen LogP contribution in [0.3, 0.4) is 0 Å². The minimum absolute atomic E-state index is 0.403. The average Bonchev–Trinajstić information content (AvgIpc) is 2.16. The number of aliphatic hydroxyl groups is 1. The van der Waals surface area contributed by atoms with Crippen molar-refractivity contribution >= 4 is 12.6 Å². The molecule has 0 radical (unpaired) electrons. The highest BCUT2D eigenvalue weighted by atomic mass is 32.1. The lowest BCUT2D eigenvalue weighted by molar-refractivity contribution is 0.199. The van der Waals surface area contributed by atoms with E-state index in [0.717, 1.165) is 5.56 Å². The van der Waals surface area contributed by atoms with Crippen LogP contribution >= 0.6 is 12.6 Å². The SMILES string of the molecule is COc1ccccc1C(O)CS. The Morgan fingerprint density at radius 1 is 1.50 bits per heavy atom. The maximum absolute atomic E-state index is 9.48. The Hall–Kier alpha value is -0.670. The number of hydrogen-bond donors (Lipinski definition) is 2. The van der Waals surface area contributed by atoms with Crippen molar-refractivity contribution in [2.75, 3.05) is 12.9 Å². The molecule has 1 atom stereocenters. The Morgan fingerprint density at radius 3 is 2.75 bits per heavy atom. The second-order valence-corrected chi connectivity index (χ2v) is 2.81. The highest BCUT2D eigenvalue weighted by Gasteiger charge is 2.09. The minimum atomic E-state index is -0.551. The van der Waals surface area contributed by atoms with Crippen LogP contribution in [0.4, 0.5) is 0 Å². The molecule has 0 saturated carbocycles. The number of para-hydroxylation sites is 1. The summed E-state index contributed by atoms with van der Waals surface area (Å²) in [6.45, 7) is 0. The van der Waals surface area contributed by atoms with E-state index in [2.05, 4.69) is 12.6 Å². The summed E-state index contributed by atoms with van der Waals surface area (Å²) in [6.07, 6.45) is -0.551. The number of ether oxygens (including phenoxy) is 1. The molecule has 0 aromatic heterocycles. The molecular formula is C9H12O2S. The zero-order chi connectivity index (χ0) is 8.97. The smallest absolute Gasteiger partial charge is 0.124 e. The quantitative estimate of drug-likeness (QED) is 0.700. The van der Waals surface area contributed by atoms with Crippen molar-refractivity contribution < 1.29 is 9.84 Å². The third kappa shape index (κ3) is 1.93. The van der Waals surface area contributed by atoms with Crippen molar-refractivity contribution in [1.29, 1.82) is 0 Å². The van der Waals surface area contributed by atoms with E-state index in [-0.39, 0.29) is 0 Å². The van der Waals surface area contributed by atoms with E-state index < -0.39 is 6.10 Å². The maximum Gasteiger partial charge on any atom is 0.124 e. The maximum atomic E-state index is 9.48. The van der Waals surface area contributed by atoms with Crippen LogP contribution in [0.2, 0.25) is 0 Å². The fourth-order valence-electron chi connectivity index (χ4n) is 1.04. The molecule has 0 saturated heterocycles. The van der Waals surface area contributed by atoms with Gasteiger partial charge >= 0.3 is 0 Å². The molecule has 1 aromatic rings. The van der Waals surface area contributed by atoms with E-state index in [4.69, 9.17) is 4.74 Å². The van der Waals surface area contributed by atoms with Crippen LogP contribution < -0.4 is 4.74 Å². The number of aliphatic hydroxyl groups excluding tert-OH is 1. The summed E-state index contributed by atoms with van der Waals surface area (Å²) < 4.78 is 5.07. The first kappa shape index (κ1) is 9.42. The van der Waals surface area contributed by atoms with Crippen molar-refractivity contribution in [3.63, 3.8) is 0 Å². The molecule has 1 N–H and O–H groups in total. The van der Waals surface area contributed by atoms with Crippen LogP contribution in [-0.4, -0.2) is 18.0 Å². The first-order valence-corrected chi connectivity index (χ1v) is 4.34. The van der Waals surface area contributed by atoms with Gasteiger partial charge in [0.05, 0.1) is 13.2 Å². The Labute approximate surface area is 77.6 Å². The molecule has 66 valence electrons. The lowest BCUT2D eigenvalue weighted by atomic mass is 10.1. The molecule has 3 heteroatoms. The standard InChI is InChI=1S/C9H12O2S/c1-11-9-5-3-2-4-7(9)8(10)6-12/h2-5,8,10,12H,6H2,1H3. The molecule has 0 aliphatic heterocycles. The molecule has 0 fully saturated rings. The summed E-state index contributed by atoms with van der Waals surface area (Å²) in [5, 5.41) is 9.48. The van der Waals surface area contributed by atoms with Crippen molar-refractivity contribution in [3.05, 3.63) is 29.8 Å². The van der Waals surface area contributed by atoms with Gasteiger partial charge in [-0.05, 0) is 6.07 Å². The van der Waals surface area contributed by atoms with Gasteiger partial charge in [-0.2, -0.15) is 12.6 Å². The van der Waals surface area contributed by atoms with E-state index in [1.807, 2.05) is 24.3 Å². The van der Waals surface area contributed by atoms with Gasteiger partial charge in [0.2, 0.25) is 0 Å². The van der Waals surface area contributed by atoms with Crippen molar-refractivity contribution in [2.45, 2.75) is 6.10 Å². The van der Waals surface area contributed by atoms with Gasteiger partial charge in [-0.25, -0.2) is 0 Å². The van der Waals surface area contributed by atoms with E-state index in [0.29, 0.717) is 11.5 Å². The third-order valence-electron chi connectivity index (χ3n) is 1.67. The summed E-state index contributed by atoms with van der Waals surface area (Å²) >= 11 is 4.01. The van der Waals surface area contributed by atoms with Gasteiger partial charge in [-0.1, -0.05) is 18.2 Å². The zero-order valence-electron chi connectivity index (χ0n) is 6.90. The van der Waals surface area contributed by atoms with Gasteiger partial charge in [0, 0.05) is 11.3 Å². The lowest BCUT2D eigenvalue weighted by Gasteiger charge is -2.11. The van der Waals surface area contributed by atoms with E-state index in [9.17, 15) is 5.11 Å². The monoisotopic (exact) mass is 184 g/mol. The number of benzene rings is 1. The van der Waals surface area contributed by atoms with Crippen LogP contribution in [0.25, 0.3) is 0 Å².